The minimum Gasteiger partial charge on any atom is -0.378 e. The largest absolute Gasteiger partial charge is 0.378 e. The molecule has 0 bridgehead atoms. The lowest BCUT2D eigenvalue weighted by Crippen LogP contribution is -2.11. The Labute approximate surface area is 124 Å². The van der Waals surface area contributed by atoms with Crippen LogP contribution in [0.4, 0.5) is 11.4 Å². The molecule has 0 spiro atoms. The predicted molar refractivity (Wildman–Crippen MR) is 84.2 cm³/mol. The summed E-state index contributed by atoms with van der Waals surface area (Å²) >= 11 is 0. The standard InChI is InChI=1S/C17H15N3O/c1-20(2)15-10-8-14(9-11-15)19-16(12-18)17(21)13-6-4-3-5-7-13/h3-11H,1-2H3. The predicted octanol–water partition coefficient (Wildman–Crippen LogP) is 3.23. The number of hydrogen-bond donors (Lipinski definition) is 0. The molecule has 4 nitrogen and oxygen atoms in total. The van der Waals surface area contributed by atoms with Crippen molar-refractivity contribution < 1.29 is 4.79 Å². The molecule has 2 aromatic carbocycles. The van der Waals surface area contributed by atoms with E-state index in [2.05, 4.69) is 4.99 Å². The van der Waals surface area contributed by atoms with Gasteiger partial charge in [0.2, 0.25) is 5.78 Å². The van der Waals surface area contributed by atoms with Crippen LogP contribution in [-0.4, -0.2) is 25.6 Å². The molecule has 104 valence electrons. The fraction of sp³-hybridized carbons (Fsp3) is 0.118. The van der Waals surface area contributed by atoms with Crippen LogP contribution in [0, 0.1) is 11.3 Å². The normalized spacial score (nSPS) is 10.8. The molecule has 0 aromatic heterocycles. The summed E-state index contributed by atoms with van der Waals surface area (Å²) in [5.41, 5.74) is 1.96. The van der Waals surface area contributed by atoms with Gasteiger partial charge < -0.3 is 4.90 Å². The van der Waals surface area contributed by atoms with Crippen LogP contribution >= 0.6 is 0 Å². The molecule has 2 aromatic rings. The second-order valence-corrected chi connectivity index (χ2v) is 4.68. The molecule has 0 heterocycles. The minimum atomic E-state index is -0.366. The van der Waals surface area contributed by atoms with Crippen LogP contribution < -0.4 is 4.90 Å². The van der Waals surface area contributed by atoms with E-state index in [-0.39, 0.29) is 11.5 Å². The van der Waals surface area contributed by atoms with Crippen molar-refractivity contribution in [3.63, 3.8) is 0 Å². The fourth-order valence-corrected chi connectivity index (χ4v) is 1.81. The Hall–Kier alpha value is -2.93. The van der Waals surface area contributed by atoms with Gasteiger partial charge in [-0.2, -0.15) is 5.26 Å². The maximum Gasteiger partial charge on any atom is 0.222 e. The van der Waals surface area contributed by atoms with E-state index >= 15 is 0 Å². The van der Waals surface area contributed by atoms with E-state index in [1.165, 1.54) is 0 Å². The van der Waals surface area contributed by atoms with Gasteiger partial charge >= 0.3 is 0 Å². The van der Waals surface area contributed by atoms with Crippen molar-refractivity contribution in [2.45, 2.75) is 0 Å². The quantitative estimate of drug-likeness (QED) is 0.637. The van der Waals surface area contributed by atoms with Crippen LogP contribution in [0.2, 0.25) is 0 Å². The number of nitrogens with zero attached hydrogens (tertiary/aromatic N) is 3. The molecule has 0 N–H and O–H groups in total. The maximum atomic E-state index is 12.2. The first kappa shape index (κ1) is 14.5. The molecule has 0 aliphatic heterocycles. The number of anilines is 1. The molecule has 0 atom stereocenters. The number of ketones is 1. The van der Waals surface area contributed by atoms with Gasteiger partial charge in [0.25, 0.3) is 0 Å². The molecule has 0 saturated heterocycles. The van der Waals surface area contributed by atoms with Crippen molar-refractivity contribution in [3.05, 3.63) is 60.2 Å². The highest BCUT2D eigenvalue weighted by Gasteiger charge is 2.13. The summed E-state index contributed by atoms with van der Waals surface area (Å²) in [5, 5.41) is 9.15. The van der Waals surface area contributed by atoms with E-state index in [0.29, 0.717) is 11.3 Å². The fourth-order valence-electron chi connectivity index (χ4n) is 1.81. The van der Waals surface area contributed by atoms with Gasteiger partial charge in [-0.05, 0) is 24.3 Å². The van der Waals surface area contributed by atoms with Crippen molar-refractivity contribution in [2.75, 3.05) is 19.0 Å². The van der Waals surface area contributed by atoms with E-state index < -0.39 is 0 Å². The number of carbonyl (C=O) groups excluding carboxylic acids is 1. The van der Waals surface area contributed by atoms with E-state index in [0.717, 1.165) is 5.69 Å². The molecule has 0 unspecified atom stereocenters. The average molecular weight is 277 g/mol. The van der Waals surface area contributed by atoms with Crippen LogP contribution in [-0.2, 0) is 0 Å². The molecule has 0 aliphatic carbocycles. The zero-order chi connectivity index (χ0) is 15.2. The molecule has 0 aliphatic rings. The van der Waals surface area contributed by atoms with Gasteiger partial charge in [0.15, 0.2) is 5.71 Å². The number of Topliss-reactive ketones (excluding diaryl/α,β-unsaturated/α-hetero) is 1. The topological polar surface area (TPSA) is 56.5 Å². The second-order valence-electron chi connectivity index (χ2n) is 4.68. The highest BCUT2D eigenvalue weighted by atomic mass is 16.1. The van der Waals surface area contributed by atoms with Crippen molar-refractivity contribution in [3.8, 4) is 6.07 Å². The smallest absolute Gasteiger partial charge is 0.222 e. The van der Waals surface area contributed by atoms with Crippen molar-refractivity contribution in [2.24, 2.45) is 4.99 Å². The number of rotatable bonds is 4. The number of carbonyl (C=O) groups is 1. The van der Waals surface area contributed by atoms with E-state index in [9.17, 15) is 4.79 Å². The SMILES string of the molecule is CN(C)c1ccc(N=C(C#N)C(=O)c2ccccc2)cc1. The van der Waals surface area contributed by atoms with Gasteiger partial charge in [-0.1, -0.05) is 30.3 Å². The Kier molecular flexibility index (Phi) is 4.47. The lowest BCUT2D eigenvalue weighted by Gasteiger charge is -2.11. The third-order valence-electron chi connectivity index (χ3n) is 2.96. The van der Waals surface area contributed by atoms with Gasteiger partial charge in [0.05, 0.1) is 5.69 Å². The number of nitriles is 1. The third-order valence-corrected chi connectivity index (χ3v) is 2.96. The monoisotopic (exact) mass is 277 g/mol. The van der Waals surface area contributed by atoms with E-state index in [4.69, 9.17) is 5.26 Å². The Balaban J connectivity index is 2.29. The summed E-state index contributed by atoms with van der Waals surface area (Å²) in [6.07, 6.45) is 0. The molecule has 0 fully saturated rings. The first-order chi connectivity index (χ1) is 10.1. The Bertz CT molecular complexity index is 695. The zero-order valence-electron chi connectivity index (χ0n) is 11.9. The van der Waals surface area contributed by atoms with Crippen LogP contribution in [0.25, 0.3) is 0 Å². The summed E-state index contributed by atoms with van der Waals surface area (Å²) in [6, 6.07) is 17.9. The molecule has 4 heteroatoms. The number of aliphatic imine (C=N–C) groups is 1. The van der Waals surface area contributed by atoms with Crippen LogP contribution in [0.15, 0.2) is 59.6 Å². The van der Waals surface area contributed by atoms with Gasteiger partial charge in [0, 0.05) is 25.3 Å². The maximum absolute atomic E-state index is 12.2. The van der Waals surface area contributed by atoms with Crippen molar-refractivity contribution in [1.82, 2.24) is 0 Å². The summed E-state index contributed by atoms with van der Waals surface area (Å²) < 4.78 is 0. The third kappa shape index (κ3) is 3.54. The van der Waals surface area contributed by atoms with Crippen LogP contribution in [0.1, 0.15) is 10.4 Å². The molecule has 21 heavy (non-hydrogen) atoms. The van der Waals surface area contributed by atoms with Gasteiger partial charge in [-0.15, -0.1) is 0 Å². The summed E-state index contributed by atoms with van der Waals surface area (Å²) in [4.78, 5) is 18.3. The van der Waals surface area contributed by atoms with E-state index in [1.807, 2.05) is 43.3 Å². The molecular formula is C17H15N3O. The Morgan fingerprint density at radius 2 is 1.67 bits per heavy atom. The second kappa shape index (κ2) is 6.49. The average Bonchev–Trinajstić information content (AvgIpc) is 2.53. The molecule has 0 saturated carbocycles. The molecule has 2 rings (SSSR count). The zero-order valence-corrected chi connectivity index (χ0v) is 11.9. The molecule has 0 amide bonds. The van der Waals surface area contributed by atoms with E-state index in [1.54, 1.807) is 36.4 Å². The van der Waals surface area contributed by atoms with Crippen LogP contribution in [0.3, 0.4) is 0 Å². The summed E-state index contributed by atoms with van der Waals surface area (Å²) in [7, 11) is 3.88. The van der Waals surface area contributed by atoms with Crippen molar-refractivity contribution in [1.29, 1.82) is 5.26 Å². The van der Waals surface area contributed by atoms with Crippen molar-refractivity contribution >= 4 is 22.9 Å². The van der Waals surface area contributed by atoms with Gasteiger partial charge in [-0.3, -0.25) is 4.79 Å². The van der Waals surface area contributed by atoms with Gasteiger partial charge in [0.1, 0.15) is 6.07 Å². The van der Waals surface area contributed by atoms with Crippen LogP contribution in [0.5, 0.6) is 0 Å². The lowest BCUT2D eigenvalue weighted by molar-refractivity contribution is 0.106. The van der Waals surface area contributed by atoms with Gasteiger partial charge in [-0.25, -0.2) is 4.99 Å². The molecule has 0 radical (unpaired) electrons. The Morgan fingerprint density at radius 3 is 2.19 bits per heavy atom. The lowest BCUT2D eigenvalue weighted by atomic mass is 10.1. The summed E-state index contributed by atoms with van der Waals surface area (Å²) in [6.45, 7) is 0. The first-order valence-electron chi connectivity index (χ1n) is 6.48. The number of hydrogen-bond acceptors (Lipinski definition) is 4. The minimum absolute atomic E-state index is 0.112. The number of benzene rings is 2. The molecular weight excluding hydrogens is 262 g/mol. The highest BCUT2D eigenvalue weighted by Crippen LogP contribution is 2.18. The Morgan fingerprint density at radius 1 is 1.05 bits per heavy atom. The first-order valence-corrected chi connectivity index (χ1v) is 6.48. The highest BCUT2D eigenvalue weighted by molar-refractivity contribution is 6.51. The summed E-state index contributed by atoms with van der Waals surface area (Å²) in [5.74, 6) is -0.366.